The molecule has 0 aliphatic carbocycles. The fourth-order valence-electron chi connectivity index (χ4n) is 1.90. The number of carbonyl (C=O) groups is 2. The molecule has 1 aromatic heterocycles. The molecule has 0 spiro atoms. The number of rotatable bonds is 8. The summed E-state index contributed by atoms with van der Waals surface area (Å²) in [4.78, 5) is 23.8. The van der Waals surface area contributed by atoms with Crippen LogP contribution in [0.5, 0.6) is 0 Å². The molecule has 106 valence electrons. The molecule has 2 rings (SSSR count). The maximum absolute atomic E-state index is 10.8. The summed E-state index contributed by atoms with van der Waals surface area (Å²) >= 11 is 1.50. The van der Waals surface area contributed by atoms with Gasteiger partial charge in [-0.15, -0.1) is 11.3 Å². The van der Waals surface area contributed by atoms with Crippen molar-refractivity contribution in [1.29, 1.82) is 0 Å². The summed E-state index contributed by atoms with van der Waals surface area (Å²) in [6.45, 7) is 1.83. The number of likely N-dealkylation sites (N-methyl/N-ethyl adjacent to an activating group) is 1. The van der Waals surface area contributed by atoms with Gasteiger partial charge in [-0.1, -0.05) is 6.07 Å². The van der Waals surface area contributed by atoms with Gasteiger partial charge in [0.1, 0.15) is 6.29 Å². The Bertz CT molecular complexity index is 594. The summed E-state index contributed by atoms with van der Waals surface area (Å²) in [5.74, 6) is 0. The maximum Gasteiger partial charge on any atom is 0.160 e. The van der Waals surface area contributed by atoms with Crippen LogP contribution in [0.15, 0.2) is 24.3 Å². The molecule has 0 radical (unpaired) electrons. The Morgan fingerprint density at radius 2 is 2.10 bits per heavy atom. The number of aldehydes is 2. The number of nitrogens with zero attached hydrogens (tertiary/aromatic N) is 1. The SMILES string of the molecule is CN(CCOCCC=O)c1ccc2cc(C=O)sc2c1. The average molecular weight is 291 g/mol. The Kier molecular flexibility index (Phi) is 5.26. The van der Waals surface area contributed by atoms with Crippen LogP contribution in [0, 0.1) is 0 Å². The minimum Gasteiger partial charge on any atom is -0.379 e. The first kappa shape index (κ1) is 14.7. The van der Waals surface area contributed by atoms with E-state index in [0.29, 0.717) is 19.6 Å². The van der Waals surface area contributed by atoms with Gasteiger partial charge in [0.25, 0.3) is 0 Å². The largest absolute Gasteiger partial charge is 0.379 e. The monoisotopic (exact) mass is 291 g/mol. The second-order valence-electron chi connectivity index (χ2n) is 4.48. The maximum atomic E-state index is 10.8. The van der Waals surface area contributed by atoms with Gasteiger partial charge < -0.3 is 14.4 Å². The van der Waals surface area contributed by atoms with Crippen molar-refractivity contribution in [2.75, 3.05) is 31.7 Å². The van der Waals surface area contributed by atoms with Gasteiger partial charge in [0, 0.05) is 30.4 Å². The molecular weight excluding hydrogens is 274 g/mol. The van der Waals surface area contributed by atoms with Crippen molar-refractivity contribution in [3.8, 4) is 0 Å². The van der Waals surface area contributed by atoms with Crippen molar-refractivity contribution in [1.82, 2.24) is 0 Å². The fourth-order valence-corrected chi connectivity index (χ4v) is 2.81. The first-order valence-electron chi connectivity index (χ1n) is 6.46. The van der Waals surface area contributed by atoms with E-state index in [0.717, 1.165) is 39.8 Å². The molecule has 0 unspecified atom stereocenters. The lowest BCUT2D eigenvalue weighted by Gasteiger charge is -2.19. The molecule has 0 fully saturated rings. The summed E-state index contributed by atoms with van der Waals surface area (Å²) in [5, 5.41) is 1.09. The number of benzene rings is 1. The average Bonchev–Trinajstić information content (AvgIpc) is 2.88. The Balaban J connectivity index is 1.97. The quantitative estimate of drug-likeness (QED) is 0.554. The highest BCUT2D eigenvalue weighted by atomic mass is 32.1. The third-order valence-electron chi connectivity index (χ3n) is 3.03. The van der Waals surface area contributed by atoms with Crippen LogP contribution < -0.4 is 4.90 Å². The number of fused-ring (bicyclic) bond motifs is 1. The number of ether oxygens (including phenoxy) is 1. The highest BCUT2D eigenvalue weighted by Gasteiger charge is 2.05. The molecule has 0 aliphatic rings. The van der Waals surface area contributed by atoms with E-state index in [9.17, 15) is 9.59 Å². The minimum atomic E-state index is 0.444. The Hall–Kier alpha value is -1.72. The van der Waals surface area contributed by atoms with Gasteiger partial charge in [0.15, 0.2) is 6.29 Å². The van der Waals surface area contributed by atoms with Crippen molar-refractivity contribution < 1.29 is 14.3 Å². The molecule has 0 amide bonds. The lowest BCUT2D eigenvalue weighted by Crippen LogP contribution is -2.22. The van der Waals surface area contributed by atoms with Crippen LogP contribution >= 0.6 is 11.3 Å². The van der Waals surface area contributed by atoms with E-state index in [1.165, 1.54) is 11.3 Å². The molecule has 0 aliphatic heterocycles. The zero-order chi connectivity index (χ0) is 14.4. The van der Waals surface area contributed by atoms with Gasteiger partial charge >= 0.3 is 0 Å². The van der Waals surface area contributed by atoms with Gasteiger partial charge in [0.05, 0.1) is 18.1 Å². The van der Waals surface area contributed by atoms with Gasteiger partial charge in [-0.2, -0.15) is 0 Å². The van der Waals surface area contributed by atoms with Crippen LogP contribution in [0.1, 0.15) is 16.1 Å². The Morgan fingerprint density at radius 3 is 2.85 bits per heavy atom. The first-order chi connectivity index (χ1) is 9.74. The number of hydrogen-bond acceptors (Lipinski definition) is 5. The second kappa shape index (κ2) is 7.17. The van der Waals surface area contributed by atoms with E-state index < -0.39 is 0 Å². The minimum absolute atomic E-state index is 0.444. The number of anilines is 1. The van der Waals surface area contributed by atoms with Crippen LogP contribution in [-0.2, 0) is 9.53 Å². The van der Waals surface area contributed by atoms with Crippen LogP contribution in [0.3, 0.4) is 0 Å². The highest BCUT2D eigenvalue weighted by Crippen LogP contribution is 2.28. The number of hydrogen-bond donors (Lipinski definition) is 0. The molecule has 0 N–H and O–H groups in total. The summed E-state index contributed by atoms with van der Waals surface area (Å²) in [6, 6.07) is 8.05. The molecular formula is C15H17NO3S. The molecule has 1 aromatic carbocycles. The standard InChI is InChI=1S/C15H17NO3S/c1-16(5-8-19-7-2-6-17)13-4-3-12-9-14(11-18)20-15(12)10-13/h3-4,6,9-11H,2,5,7-8H2,1H3. The first-order valence-corrected chi connectivity index (χ1v) is 7.27. The molecule has 5 heteroatoms. The Labute approximate surface area is 122 Å². The van der Waals surface area contributed by atoms with Crippen molar-refractivity contribution in [2.45, 2.75) is 6.42 Å². The molecule has 0 atom stereocenters. The summed E-state index contributed by atoms with van der Waals surface area (Å²) in [7, 11) is 2.00. The molecule has 0 bridgehead atoms. The van der Waals surface area contributed by atoms with Crippen LogP contribution in [0.4, 0.5) is 5.69 Å². The van der Waals surface area contributed by atoms with Crippen molar-refractivity contribution >= 4 is 39.7 Å². The highest BCUT2D eigenvalue weighted by molar-refractivity contribution is 7.20. The normalized spacial score (nSPS) is 10.7. The smallest absolute Gasteiger partial charge is 0.160 e. The second-order valence-corrected chi connectivity index (χ2v) is 5.59. The lowest BCUT2D eigenvalue weighted by molar-refractivity contribution is -0.108. The van der Waals surface area contributed by atoms with Crippen LogP contribution in [0.25, 0.3) is 10.1 Å². The van der Waals surface area contributed by atoms with Crippen molar-refractivity contribution in [3.63, 3.8) is 0 Å². The predicted octanol–water partition coefficient (Wildman–Crippen LogP) is 2.76. The van der Waals surface area contributed by atoms with E-state index in [1.54, 1.807) is 0 Å². The van der Waals surface area contributed by atoms with E-state index >= 15 is 0 Å². The van der Waals surface area contributed by atoms with Gasteiger partial charge in [0.2, 0.25) is 0 Å². The third kappa shape index (κ3) is 3.65. The van der Waals surface area contributed by atoms with Crippen LogP contribution in [0.2, 0.25) is 0 Å². The van der Waals surface area contributed by atoms with Crippen LogP contribution in [-0.4, -0.2) is 39.4 Å². The topological polar surface area (TPSA) is 46.6 Å². The predicted molar refractivity (Wildman–Crippen MR) is 82.0 cm³/mol. The van der Waals surface area contributed by atoms with Crippen molar-refractivity contribution in [2.24, 2.45) is 0 Å². The molecule has 4 nitrogen and oxygen atoms in total. The van der Waals surface area contributed by atoms with E-state index in [-0.39, 0.29) is 0 Å². The summed E-state index contributed by atoms with van der Waals surface area (Å²) < 4.78 is 6.47. The Morgan fingerprint density at radius 1 is 1.25 bits per heavy atom. The summed E-state index contributed by atoms with van der Waals surface area (Å²) in [6.07, 6.45) is 2.19. The third-order valence-corrected chi connectivity index (χ3v) is 4.05. The summed E-state index contributed by atoms with van der Waals surface area (Å²) in [5.41, 5.74) is 1.09. The number of thiophene rings is 1. The van der Waals surface area contributed by atoms with E-state index in [4.69, 9.17) is 4.74 Å². The van der Waals surface area contributed by atoms with Crippen molar-refractivity contribution in [3.05, 3.63) is 29.1 Å². The zero-order valence-corrected chi connectivity index (χ0v) is 12.2. The molecule has 0 saturated carbocycles. The molecule has 1 heterocycles. The lowest BCUT2D eigenvalue weighted by atomic mass is 10.2. The molecule has 2 aromatic rings. The number of carbonyl (C=O) groups excluding carboxylic acids is 2. The molecule has 0 saturated heterocycles. The van der Waals surface area contributed by atoms with Gasteiger partial charge in [-0.25, -0.2) is 0 Å². The zero-order valence-electron chi connectivity index (χ0n) is 11.4. The fraction of sp³-hybridized carbons (Fsp3) is 0.333. The van der Waals surface area contributed by atoms with E-state index in [2.05, 4.69) is 11.0 Å². The van der Waals surface area contributed by atoms with Gasteiger partial charge in [-0.3, -0.25) is 4.79 Å². The van der Waals surface area contributed by atoms with Gasteiger partial charge in [-0.05, 0) is 23.6 Å². The van der Waals surface area contributed by atoms with E-state index in [1.807, 2.05) is 25.2 Å². The molecule has 20 heavy (non-hydrogen) atoms.